The number of esters is 1. The van der Waals surface area contributed by atoms with Crippen LogP contribution in [0.15, 0.2) is 22.7 Å². The van der Waals surface area contributed by atoms with Crippen LogP contribution in [-0.4, -0.2) is 12.6 Å². The molecule has 1 aliphatic rings. The number of hydrogen-bond donors (Lipinski definition) is 0. The Morgan fingerprint density at radius 1 is 1.65 bits per heavy atom. The molecule has 5 heteroatoms. The van der Waals surface area contributed by atoms with Crippen molar-refractivity contribution in [2.45, 2.75) is 19.0 Å². The topological polar surface area (TPSA) is 26.3 Å². The second-order valence-corrected chi connectivity index (χ2v) is 4.85. The third kappa shape index (κ3) is 2.20. The van der Waals surface area contributed by atoms with Gasteiger partial charge in [-0.3, -0.25) is 4.79 Å². The highest BCUT2D eigenvalue weighted by Crippen LogP contribution is 2.56. The molecule has 1 aromatic rings. The minimum Gasteiger partial charge on any atom is -0.466 e. The van der Waals surface area contributed by atoms with E-state index in [4.69, 9.17) is 4.74 Å². The van der Waals surface area contributed by atoms with Gasteiger partial charge in [0.15, 0.2) is 0 Å². The first-order valence-electron chi connectivity index (χ1n) is 5.30. The molecule has 0 heterocycles. The molecule has 1 aromatic carbocycles. The molecule has 1 saturated carbocycles. The lowest BCUT2D eigenvalue weighted by Crippen LogP contribution is -2.13. The number of alkyl halides is 1. The lowest BCUT2D eigenvalue weighted by atomic mass is 10.1. The average Bonchev–Trinajstić information content (AvgIpc) is 2.97. The van der Waals surface area contributed by atoms with Crippen LogP contribution in [0, 0.1) is 11.7 Å². The molecular formula is C12H11BrF2O2. The van der Waals surface area contributed by atoms with Crippen molar-refractivity contribution < 1.29 is 18.3 Å². The van der Waals surface area contributed by atoms with Crippen molar-refractivity contribution in [1.82, 2.24) is 0 Å². The molecule has 0 bridgehead atoms. The Kier molecular flexibility index (Phi) is 3.21. The minimum absolute atomic E-state index is 0.0624. The molecule has 1 aliphatic carbocycles. The van der Waals surface area contributed by atoms with Crippen LogP contribution in [0.3, 0.4) is 0 Å². The van der Waals surface area contributed by atoms with Crippen molar-refractivity contribution in [3.05, 3.63) is 34.1 Å². The van der Waals surface area contributed by atoms with E-state index >= 15 is 0 Å². The van der Waals surface area contributed by atoms with E-state index in [9.17, 15) is 13.6 Å². The van der Waals surface area contributed by atoms with Crippen molar-refractivity contribution in [1.29, 1.82) is 0 Å². The Bertz CT molecular complexity index is 464. The van der Waals surface area contributed by atoms with E-state index in [2.05, 4.69) is 15.9 Å². The second-order valence-electron chi connectivity index (χ2n) is 4.00. The van der Waals surface area contributed by atoms with Crippen molar-refractivity contribution in [3.63, 3.8) is 0 Å². The van der Waals surface area contributed by atoms with Crippen LogP contribution in [-0.2, 0) is 15.2 Å². The predicted octanol–water partition coefficient (Wildman–Crippen LogP) is 3.34. The van der Waals surface area contributed by atoms with Crippen LogP contribution in [0.4, 0.5) is 8.78 Å². The average molecular weight is 305 g/mol. The molecule has 0 aliphatic heterocycles. The molecule has 0 saturated heterocycles. The maximum Gasteiger partial charge on any atom is 0.312 e. The first-order valence-corrected chi connectivity index (χ1v) is 6.09. The van der Waals surface area contributed by atoms with Crippen molar-refractivity contribution >= 4 is 21.9 Å². The summed E-state index contributed by atoms with van der Waals surface area (Å²) >= 11 is 3.00. The van der Waals surface area contributed by atoms with E-state index in [0.29, 0.717) is 0 Å². The zero-order valence-corrected chi connectivity index (χ0v) is 10.8. The number of carbonyl (C=O) groups excluding carboxylic acids is 1. The van der Waals surface area contributed by atoms with Crippen LogP contribution in [0.5, 0.6) is 0 Å². The molecule has 0 spiro atoms. The highest BCUT2D eigenvalue weighted by molar-refractivity contribution is 9.10. The fourth-order valence-electron chi connectivity index (χ4n) is 1.82. The van der Waals surface area contributed by atoms with E-state index in [1.165, 1.54) is 12.1 Å². The van der Waals surface area contributed by atoms with Gasteiger partial charge < -0.3 is 4.74 Å². The third-order valence-electron chi connectivity index (χ3n) is 2.86. The zero-order chi connectivity index (χ0) is 12.6. The van der Waals surface area contributed by atoms with Crippen LogP contribution in [0.25, 0.3) is 0 Å². The molecule has 2 atom stereocenters. The van der Waals surface area contributed by atoms with Crippen LogP contribution < -0.4 is 0 Å². The van der Waals surface area contributed by atoms with Gasteiger partial charge in [0.1, 0.15) is 11.5 Å². The maximum atomic E-state index is 14.3. The Morgan fingerprint density at radius 3 is 2.94 bits per heavy atom. The van der Waals surface area contributed by atoms with E-state index in [1.807, 2.05) is 0 Å². The lowest BCUT2D eigenvalue weighted by Gasteiger charge is -2.08. The van der Waals surface area contributed by atoms with E-state index < -0.39 is 23.4 Å². The van der Waals surface area contributed by atoms with Gasteiger partial charge in [-0.1, -0.05) is 6.07 Å². The first-order chi connectivity index (χ1) is 7.99. The summed E-state index contributed by atoms with van der Waals surface area (Å²) in [6, 6.07) is 4.03. The monoisotopic (exact) mass is 304 g/mol. The summed E-state index contributed by atoms with van der Waals surface area (Å²) in [5.41, 5.74) is -1.58. The number of carbonyl (C=O) groups is 1. The second kappa shape index (κ2) is 4.37. The number of ether oxygens (including phenoxy) is 1. The van der Waals surface area contributed by atoms with Crippen molar-refractivity contribution in [3.8, 4) is 0 Å². The number of benzene rings is 1. The molecule has 1 fully saturated rings. The molecular weight excluding hydrogens is 294 g/mol. The summed E-state index contributed by atoms with van der Waals surface area (Å²) in [4.78, 5) is 11.4. The van der Waals surface area contributed by atoms with Gasteiger partial charge in [0.2, 0.25) is 0 Å². The Hall–Kier alpha value is -0.970. The number of halogens is 3. The normalized spacial score (nSPS) is 26.7. The third-order valence-corrected chi connectivity index (χ3v) is 3.51. The summed E-state index contributed by atoms with van der Waals surface area (Å²) in [6.07, 6.45) is 0.0624. The fraction of sp³-hybridized carbons (Fsp3) is 0.417. The smallest absolute Gasteiger partial charge is 0.312 e. The molecule has 0 amide bonds. The first kappa shape index (κ1) is 12.5. The van der Waals surface area contributed by atoms with Gasteiger partial charge in [-0.15, -0.1) is 0 Å². The van der Waals surface area contributed by atoms with Gasteiger partial charge in [-0.05, 0) is 40.5 Å². The van der Waals surface area contributed by atoms with Crippen LogP contribution in [0.1, 0.15) is 18.9 Å². The molecule has 2 rings (SSSR count). The van der Waals surface area contributed by atoms with E-state index in [0.717, 1.165) is 6.07 Å². The largest absolute Gasteiger partial charge is 0.466 e. The van der Waals surface area contributed by atoms with Gasteiger partial charge in [0.05, 0.1) is 17.0 Å². The molecule has 0 aromatic heterocycles. The summed E-state index contributed by atoms with van der Waals surface area (Å²) in [6.45, 7) is 1.89. The summed E-state index contributed by atoms with van der Waals surface area (Å²) in [5, 5.41) is 0. The highest BCUT2D eigenvalue weighted by atomic mass is 79.9. The maximum absolute atomic E-state index is 14.3. The van der Waals surface area contributed by atoms with E-state index in [1.54, 1.807) is 6.92 Å². The van der Waals surface area contributed by atoms with E-state index in [-0.39, 0.29) is 23.1 Å². The summed E-state index contributed by atoms with van der Waals surface area (Å²) < 4.78 is 32.6. The Morgan fingerprint density at radius 2 is 2.35 bits per heavy atom. The molecule has 2 nitrogen and oxygen atoms in total. The van der Waals surface area contributed by atoms with Gasteiger partial charge in [0, 0.05) is 6.42 Å². The number of rotatable bonds is 3. The van der Waals surface area contributed by atoms with Gasteiger partial charge in [-0.2, -0.15) is 0 Å². The SMILES string of the molecule is CCOC(=O)C1C[C@]1(F)c1ccc(Br)c(F)c1. The quantitative estimate of drug-likeness (QED) is 0.801. The standard InChI is InChI=1S/C12H11BrF2O2/c1-2-17-11(16)8-6-12(8,15)7-3-4-9(13)10(14)5-7/h3-5,8H,2,6H2,1H3/t8?,12-/m0/s1. The molecule has 0 N–H and O–H groups in total. The van der Waals surface area contributed by atoms with Crippen LogP contribution >= 0.6 is 15.9 Å². The molecule has 1 unspecified atom stereocenters. The summed E-state index contributed by atoms with van der Waals surface area (Å²) in [7, 11) is 0. The molecule has 17 heavy (non-hydrogen) atoms. The predicted molar refractivity (Wildman–Crippen MR) is 61.6 cm³/mol. The van der Waals surface area contributed by atoms with Gasteiger partial charge in [0.25, 0.3) is 0 Å². The van der Waals surface area contributed by atoms with Gasteiger partial charge >= 0.3 is 5.97 Å². The van der Waals surface area contributed by atoms with Crippen LogP contribution in [0.2, 0.25) is 0 Å². The molecule has 92 valence electrons. The van der Waals surface area contributed by atoms with Gasteiger partial charge in [-0.25, -0.2) is 8.78 Å². The Balaban J connectivity index is 2.19. The number of hydrogen-bond acceptors (Lipinski definition) is 2. The highest BCUT2D eigenvalue weighted by Gasteiger charge is 2.61. The minimum atomic E-state index is -1.77. The Labute approximate surface area is 106 Å². The molecule has 0 radical (unpaired) electrons. The zero-order valence-electron chi connectivity index (χ0n) is 9.17. The summed E-state index contributed by atoms with van der Waals surface area (Å²) in [5.74, 6) is -1.89. The fourth-order valence-corrected chi connectivity index (χ4v) is 2.07. The van der Waals surface area contributed by atoms with Crippen molar-refractivity contribution in [2.24, 2.45) is 5.92 Å². The van der Waals surface area contributed by atoms with Crippen molar-refractivity contribution in [2.75, 3.05) is 6.61 Å². The lowest BCUT2D eigenvalue weighted by molar-refractivity contribution is -0.145.